The summed E-state index contributed by atoms with van der Waals surface area (Å²) in [6.45, 7) is 7.35. The number of nitrogens with zero attached hydrogens (tertiary/aromatic N) is 2. The third kappa shape index (κ3) is 4.44. The van der Waals surface area contributed by atoms with Crippen molar-refractivity contribution in [1.29, 1.82) is 0 Å². The highest BCUT2D eigenvalue weighted by atomic mass is 16.5. The molecule has 4 nitrogen and oxygen atoms in total. The highest BCUT2D eigenvalue weighted by Gasteiger charge is 2.43. The van der Waals surface area contributed by atoms with Gasteiger partial charge < -0.3 is 14.5 Å². The molecule has 4 rings (SSSR count). The Morgan fingerprint density at radius 2 is 1.73 bits per heavy atom. The summed E-state index contributed by atoms with van der Waals surface area (Å²) < 4.78 is 5.44. The Hall–Kier alpha value is -0.610. The topological polar surface area (TPSA) is 32.8 Å². The lowest BCUT2D eigenvalue weighted by Crippen LogP contribution is -2.46. The van der Waals surface area contributed by atoms with Crippen molar-refractivity contribution >= 4 is 5.91 Å². The van der Waals surface area contributed by atoms with E-state index in [9.17, 15) is 4.79 Å². The summed E-state index contributed by atoms with van der Waals surface area (Å²) in [6, 6.07) is 0. The molecule has 0 N–H and O–H groups in total. The van der Waals surface area contributed by atoms with E-state index in [1.165, 1.54) is 77.4 Å². The number of hydrogen-bond acceptors (Lipinski definition) is 3. The maximum atomic E-state index is 12.9. The molecule has 4 aliphatic rings. The average molecular weight is 363 g/mol. The molecule has 0 aromatic rings. The van der Waals surface area contributed by atoms with Crippen LogP contribution in [0.15, 0.2) is 0 Å². The van der Waals surface area contributed by atoms with E-state index in [0.717, 1.165) is 45.1 Å². The predicted molar refractivity (Wildman–Crippen MR) is 104 cm³/mol. The first-order valence-corrected chi connectivity index (χ1v) is 11.3. The highest BCUT2D eigenvalue weighted by Crippen LogP contribution is 2.40. The maximum Gasteiger partial charge on any atom is 0.225 e. The van der Waals surface area contributed by atoms with Crippen molar-refractivity contribution in [2.24, 2.45) is 17.3 Å². The van der Waals surface area contributed by atoms with Crippen LogP contribution in [-0.2, 0) is 9.53 Å². The molecular weight excluding hydrogens is 324 g/mol. The first-order chi connectivity index (χ1) is 12.7. The van der Waals surface area contributed by atoms with Crippen molar-refractivity contribution < 1.29 is 9.53 Å². The summed E-state index contributed by atoms with van der Waals surface area (Å²) in [5.74, 6) is 1.63. The van der Waals surface area contributed by atoms with Crippen LogP contribution in [0.25, 0.3) is 0 Å². The first-order valence-electron chi connectivity index (χ1n) is 11.3. The van der Waals surface area contributed by atoms with E-state index in [1.54, 1.807) is 0 Å². The van der Waals surface area contributed by atoms with Gasteiger partial charge in [-0.25, -0.2) is 0 Å². The van der Waals surface area contributed by atoms with Gasteiger partial charge in [-0.3, -0.25) is 4.79 Å². The van der Waals surface area contributed by atoms with Gasteiger partial charge in [0.2, 0.25) is 5.91 Å². The number of likely N-dealkylation sites (tertiary alicyclic amines) is 2. The number of carbonyl (C=O) groups is 1. The standard InChI is InChI=1S/C22H38N2O2/c25-21(20-8-15-26-16-9-20)24-14-11-22(18-24)10-4-12-23(17-22)13-7-19-5-2-1-3-6-19/h19-20H,1-18H2. The zero-order valence-corrected chi connectivity index (χ0v) is 16.6. The lowest BCUT2D eigenvalue weighted by atomic mass is 9.79. The van der Waals surface area contributed by atoms with Gasteiger partial charge in [-0.15, -0.1) is 0 Å². The van der Waals surface area contributed by atoms with Gasteiger partial charge in [0.05, 0.1) is 0 Å². The van der Waals surface area contributed by atoms with Gasteiger partial charge >= 0.3 is 0 Å². The zero-order valence-electron chi connectivity index (χ0n) is 16.6. The number of amides is 1. The molecule has 3 aliphatic heterocycles. The molecule has 1 spiro atoms. The number of piperidine rings is 1. The Balaban J connectivity index is 1.27. The normalized spacial score (nSPS) is 32.4. The summed E-state index contributed by atoms with van der Waals surface area (Å²) in [5.41, 5.74) is 0.394. The van der Waals surface area contributed by atoms with Crippen LogP contribution < -0.4 is 0 Å². The second-order valence-electron chi connectivity index (χ2n) is 9.57. The molecule has 3 saturated heterocycles. The smallest absolute Gasteiger partial charge is 0.225 e. The third-order valence-corrected chi connectivity index (χ3v) is 7.64. The van der Waals surface area contributed by atoms with Crippen molar-refractivity contribution in [1.82, 2.24) is 9.80 Å². The molecular formula is C22H38N2O2. The fourth-order valence-corrected chi connectivity index (χ4v) is 6.00. The van der Waals surface area contributed by atoms with Gasteiger partial charge in [0.25, 0.3) is 0 Å². The largest absolute Gasteiger partial charge is 0.381 e. The summed E-state index contributed by atoms with van der Waals surface area (Å²) in [4.78, 5) is 17.8. The van der Waals surface area contributed by atoms with Crippen LogP contribution >= 0.6 is 0 Å². The van der Waals surface area contributed by atoms with Crippen LogP contribution in [0.5, 0.6) is 0 Å². The number of carbonyl (C=O) groups excluding carboxylic acids is 1. The Morgan fingerprint density at radius 3 is 2.54 bits per heavy atom. The molecule has 0 aromatic carbocycles. The molecule has 26 heavy (non-hydrogen) atoms. The van der Waals surface area contributed by atoms with Gasteiger partial charge in [-0.2, -0.15) is 0 Å². The van der Waals surface area contributed by atoms with Gasteiger partial charge in [0, 0.05) is 44.2 Å². The second-order valence-corrected chi connectivity index (χ2v) is 9.57. The summed E-state index contributed by atoms with van der Waals surface area (Å²) in [5, 5.41) is 0. The van der Waals surface area contributed by atoms with E-state index < -0.39 is 0 Å². The number of hydrogen-bond donors (Lipinski definition) is 0. The molecule has 1 unspecified atom stereocenters. The van der Waals surface area contributed by atoms with Crippen molar-refractivity contribution in [3.63, 3.8) is 0 Å². The number of rotatable bonds is 4. The minimum atomic E-state index is 0.227. The molecule has 0 radical (unpaired) electrons. The SMILES string of the molecule is O=C(C1CCOCC1)N1CCC2(CCCN(CCC3CCCCC3)C2)C1. The van der Waals surface area contributed by atoms with E-state index in [4.69, 9.17) is 4.74 Å². The molecule has 0 aromatic heterocycles. The van der Waals surface area contributed by atoms with E-state index in [0.29, 0.717) is 11.3 Å². The molecule has 0 bridgehead atoms. The average Bonchev–Trinajstić information content (AvgIpc) is 3.10. The monoisotopic (exact) mass is 362 g/mol. The van der Waals surface area contributed by atoms with E-state index in [2.05, 4.69) is 9.80 Å². The quantitative estimate of drug-likeness (QED) is 0.764. The minimum absolute atomic E-state index is 0.227. The van der Waals surface area contributed by atoms with Gasteiger partial charge in [0.1, 0.15) is 0 Å². The molecule has 1 aliphatic carbocycles. The molecule has 1 amide bonds. The van der Waals surface area contributed by atoms with E-state index >= 15 is 0 Å². The van der Waals surface area contributed by atoms with Crippen LogP contribution in [-0.4, -0.2) is 61.6 Å². The number of ether oxygens (including phenoxy) is 1. The third-order valence-electron chi connectivity index (χ3n) is 7.64. The van der Waals surface area contributed by atoms with Crippen LogP contribution in [0.1, 0.15) is 70.6 Å². The highest BCUT2D eigenvalue weighted by molar-refractivity contribution is 5.79. The van der Waals surface area contributed by atoms with Gasteiger partial charge in [-0.05, 0) is 57.5 Å². The van der Waals surface area contributed by atoms with Crippen molar-refractivity contribution in [2.75, 3.05) is 45.9 Å². The van der Waals surface area contributed by atoms with E-state index in [1.807, 2.05) is 0 Å². The van der Waals surface area contributed by atoms with Crippen LogP contribution in [0, 0.1) is 17.3 Å². The van der Waals surface area contributed by atoms with Crippen molar-refractivity contribution in [3.05, 3.63) is 0 Å². The van der Waals surface area contributed by atoms with Gasteiger partial charge in [-0.1, -0.05) is 32.1 Å². The van der Waals surface area contributed by atoms with Crippen molar-refractivity contribution in [2.45, 2.75) is 70.6 Å². The van der Waals surface area contributed by atoms with Crippen LogP contribution in [0.3, 0.4) is 0 Å². The second kappa shape index (κ2) is 8.60. The Morgan fingerprint density at radius 1 is 0.923 bits per heavy atom. The first kappa shape index (κ1) is 18.7. The van der Waals surface area contributed by atoms with Crippen LogP contribution in [0.2, 0.25) is 0 Å². The van der Waals surface area contributed by atoms with E-state index in [-0.39, 0.29) is 5.92 Å². The summed E-state index contributed by atoms with van der Waals surface area (Å²) in [6.07, 6.45) is 14.4. The van der Waals surface area contributed by atoms with Crippen molar-refractivity contribution in [3.8, 4) is 0 Å². The lowest BCUT2D eigenvalue weighted by molar-refractivity contribution is -0.138. The van der Waals surface area contributed by atoms with Crippen LogP contribution in [0.4, 0.5) is 0 Å². The Bertz CT molecular complexity index is 471. The fraction of sp³-hybridized carbons (Fsp3) is 0.955. The summed E-state index contributed by atoms with van der Waals surface area (Å²) >= 11 is 0. The zero-order chi connectivity index (χ0) is 17.8. The molecule has 3 heterocycles. The molecule has 1 saturated carbocycles. The molecule has 1 atom stereocenters. The molecule has 4 fully saturated rings. The predicted octanol–water partition coefficient (Wildman–Crippen LogP) is 3.70. The summed E-state index contributed by atoms with van der Waals surface area (Å²) in [7, 11) is 0. The minimum Gasteiger partial charge on any atom is -0.381 e. The fourth-order valence-electron chi connectivity index (χ4n) is 6.00. The Labute approximate surface area is 159 Å². The molecule has 4 heteroatoms. The Kier molecular flexibility index (Phi) is 6.20. The van der Waals surface area contributed by atoms with Gasteiger partial charge in [0.15, 0.2) is 0 Å². The molecule has 148 valence electrons. The maximum absolute atomic E-state index is 12.9. The lowest BCUT2D eigenvalue weighted by Gasteiger charge is -2.41.